The van der Waals surface area contributed by atoms with Crippen molar-refractivity contribution in [3.63, 3.8) is 0 Å². The maximum absolute atomic E-state index is 13.6. The van der Waals surface area contributed by atoms with Crippen molar-refractivity contribution in [3.8, 4) is 5.75 Å². The number of amidine groups is 1. The number of carbonyl (C=O) groups is 1. The van der Waals surface area contributed by atoms with Crippen molar-refractivity contribution in [2.45, 2.75) is 13.0 Å². The number of nitrogens with two attached hydrogens (primary N) is 2. The Balaban J connectivity index is 0.00000103. The van der Waals surface area contributed by atoms with Gasteiger partial charge in [-0.15, -0.1) is 0 Å². The summed E-state index contributed by atoms with van der Waals surface area (Å²) < 4.78 is 18.8. The Morgan fingerprint density at radius 3 is 2.26 bits per heavy atom. The van der Waals surface area contributed by atoms with Crippen molar-refractivity contribution >= 4 is 29.7 Å². The highest BCUT2D eigenvalue weighted by Gasteiger charge is 2.26. The number of halogens is 1. The molecule has 3 aromatic rings. The van der Waals surface area contributed by atoms with Crippen LogP contribution in [0.3, 0.4) is 0 Å². The highest BCUT2D eigenvalue weighted by Crippen LogP contribution is 2.39. The van der Waals surface area contributed by atoms with Gasteiger partial charge in [-0.2, -0.15) is 0 Å². The maximum atomic E-state index is 13.6. The summed E-state index contributed by atoms with van der Waals surface area (Å²) in [6.07, 6.45) is 1.49. The zero-order valence-electron chi connectivity index (χ0n) is 18.9. The second-order valence-electron chi connectivity index (χ2n) is 7.45. The smallest absolute Gasteiger partial charge is 0.204 e. The molecule has 0 saturated heterocycles. The van der Waals surface area contributed by atoms with Crippen LogP contribution in [0.5, 0.6) is 5.75 Å². The zero-order valence-corrected chi connectivity index (χ0v) is 18.9. The number of aliphatic imine (C=N–C) groups is 1. The number of primary amides is 1. The molecule has 34 heavy (non-hydrogen) atoms. The van der Waals surface area contributed by atoms with Gasteiger partial charge >= 0.3 is 0 Å². The molecule has 1 aliphatic rings. The van der Waals surface area contributed by atoms with Gasteiger partial charge in [0, 0.05) is 34.3 Å². The monoisotopic (exact) mass is 459 g/mol. The molecule has 8 heteroatoms. The molecule has 1 amide bonds. The summed E-state index contributed by atoms with van der Waals surface area (Å²) in [6, 6.07) is 19.3. The van der Waals surface area contributed by atoms with Crippen molar-refractivity contribution in [1.82, 2.24) is 5.32 Å². The predicted octanol–water partition coefficient (Wildman–Crippen LogP) is 4.04. The number of amides is 1. The van der Waals surface area contributed by atoms with E-state index < -0.39 is 0 Å². The highest BCUT2D eigenvalue weighted by molar-refractivity contribution is 6.03. The quantitative estimate of drug-likeness (QED) is 0.261. The summed E-state index contributed by atoms with van der Waals surface area (Å²) in [7, 11) is 1.63. The zero-order chi connectivity index (χ0) is 24.7. The molecular formula is C26H26FN5O2. The Bertz CT molecular complexity index is 1240. The average Bonchev–Trinajstić information content (AvgIpc) is 2.85. The van der Waals surface area contributed by atoms with Crippen LogP contribution in [0, 0.1) is 11.2 Å². The topological polar surface area (TPSA) is 127 Å². The maximum Gasteiger partial charge on any atom is 0.204 e. The van der Waals surface area contributed by atoms with E-state index >= 15 is 0 Å². The van der Waals surface area contributed by atoms with Gasteiger partial charge in [0.15, 0.2) is 0 Å². The van der Waals surface area contributed by atoms with Crippen LogP contribution in [0.15, 0.2) is 77.4 Å². The van der Waals surface area contributed by atoms with E-state index in [1.807, 2.05) is 43.3 Å². The molecule has 1 atom stereocenters. The van der Waals surface area contributed by atoms with Crippen LogP contribution >= 0.6 is 0 Å². The average molecular weight is 460 g/mol. The first-order chi connectivity index (χ1) is 16.4. The SMILES string of the molecule is COc1ccc(C2=NC(c3ccc(F)cc3)C(c3ccc(N)c(C=N)c3)=C(C)N2)cc1.NC=O. The number of anilines is 1. The lowest BCUT2D eigenvalue weighted by Gasteiger charge is -2.28. The molecule has 0 aromatic heterocycles. The van der Waals surface area contributed by atoms with Gasteiger partial charge in [0.05, 0.1) is 7.11 Å². The van der Waals surface area contributed by atoms with E-state index in [9.17, 15) is 4.39 Å². The van der Waals surface area contributed by atoms with Gasteiger partial charge in [0.25, 0.3) is 0 Å². The molecule has 0 fully saturated rings. The van der Waals surface area contributed by atoms with E-state index in [4.69, 9.17) is 25.7 Å². The molecule has 0 bridgehead atoms. The van der Waals surface area contributed by atoms with Crippen molar-refractivity contribution in [2.75, 3.05) is 12.8 Å². The number of nitrogens with one attached hydrogen (secondary N) is 2. The first-order valence-corrected chi connectivity index (χ1v) is 10.4. The minimum absolute atomic E-state index is 0.250. The second kappa shape index (κ2) is 10.9. The first kappa shape index (κ1) is 24.2. The van der Waals surface area contributed by atoms with Gasteiger partial charge in [-0.25, -0.2) is 4.39 Å². The van der Waals surface area contributed by atoms with Gasteiger partial charge in [-0.05, 0) is 66.6 Å². The largest absolute Gasteiger partial charge is 0.497 e. The Kier molecular flexibility index (Phi) is 7.76. The summed E-state index contributed by atoms with van der Waals surface area (Å²) in [5.41, 5.74) is 15.9. The summed E-state index contributed by atoms with van der Waals surface area (Å²) in [4.78, 5) is 13.6. The summed E-state index contributed by atoms with van der Waals surface area (Å²) in [6.45, 7) is 1.99. The van der Waals surface area contributed by atoms with Gasteiger partial charge in [-0.1, -0.05) is 18.2 Å². The molecule has 0 radical (unpaired) electrons. The Hall–Kier alpha value is -4.46. The van der Waals surface area contributed by atoms with Crippen LogP contribution in [0.25, 0.3) is 5.57 Å². The third-order valence-electron chi connectivity index (χ3n) is 5.34. The molecule has 174 valence electrons. The van der Waals surface area contributed by atoms with Gasteiger partial charge in [0.2, 0.25) is 6.41 Å². The van der Waals surface area contributed by atoms with E-state index in [0.717, 1.165) is 39.5 Å². The van der Waals surface area contributed by atoms with E-state index in [-0.39, 0.29) is 18.3 Å². The lowest BCUT2D eigenvalue weighted by atomic mass is 9.89. The summed E-state index contributed by atoms with van der Waals surface area (Å²) >= 11 is 0. The van der Waals surface area contributed by atoms with E-state index in [2.05, 4.69) is 11.1 Å². The Labute approximate surface area is 197 Å². The number of rotatable bonds is 5. The summed E-state index contributed by atoms with van der Waals surface area (Å²) in [5.74, 6) is 1.20. The molecule has 0 spiro atoms. The number of hydrogen-bond donors (Lipinski definition) is 4. The third-order valence-corrected chi connectivity index (χ3v) is 5.34. The van der Waals surface area contributed by atoms with Crippen LogP contribution < -0.4 is 21.5 Å². The molecular weight excluding hydrogens is 433 g/mol. The number of allylic oxidation sites excluding steroid dienone is 1. The molecule has 6 N–H and O–H groups in total. The molecule has 1 aliphatic heterocycles. The van der Waals surface area contributed by atoms with Crippen molar-refractivity contribution in [2.24, 2.45) is 10.7 Å². The van der Waals surface area contributed by atoms with Crippen LogP contribution in [0.2, 0.25) is 0 Å². The number of nitrogens with zero attached hydrogens (tertiary/aromatic N) is 1. The van der Waals surface area contributed by atoms with Gasteiger partial charge in [-0.3, -0.25) is 9.79 Å². The Morgan fingerprint density at radius 1 is 1.06 bits per heavy atom. The lowest BCUT2D eigenvalue weighted by molar-refractivity contribution is -0.106. The van der Waals surface area contributed by atoms with Crippen LogP contribution in [-0.2, 0) is 4.79 Å². The fourth-order valence-electron chi connectivity index (χ4n) is 3.70. The van der Waals surface area contributed by atoms with Crippen molar-refractivity contribution in [1.29, 1.82) is 5.41 Å². The minimum atomic E-state index is -0.346. The predicted molar refractivity (Wildman–Crippen MR) is 133 cm³/mol. The first-order valence-electron chi connectivity index (χ1n) is 10.4. The minimum Gasteiger partial charge on any atom is -0.497 e. The number of ether oxygens (including phenoxy) is 1. The van der Waals surface area contributed by atoms with Crippen molar-refractivity contribution in [3.05, 3.63) is 100 Å². The standard InChI is InChI=1S/C25H23FN4O.CH3NO/c1-15-23(18-7-12-22(28)19(13-18)14-27)24(16-3-8-20(26)9-4-16)30-25(29-15)17-5-10-21(31-2)11-6-17;2-1-3/h3-14,24,27H,28H2,1-2H3,(H,29,30);1H,(H2,2,3). The molecule has 7 nitrogen and oxygen atoms in total. The molecule has 4 rings (SSSR count). The highest BCUT2D eigenvalue weighted by atomic mass is 19.1. The van der Waals surface area contributed by atoms with Crippen LogP contribution in [-0.4, -0.2) is 25.6 Å². The molecule has 3 aromatic carbocycles. The van der Waals surface area contributed by atoms with Gasteiger partial charge < -0.3 is 26.9 Å². The molecule has 1 heterocycles. The third kappa shape index (κ3) is 5.29. The molecule has 0 aliphatic carbocycles. The molecule has 0 saturated carbocycles. The lowest BCUT2D eigenvalue weighted by Crippen LogP contribution is -2.29. The molecule has 1 unspecified atom stereocenters. The van der Waals surface area contributed by atoms with Gasteiger partial charge in [0.1, 0.15) is 23.4 Å². The second-order valence-corrected chi connectivity index (χ2v) is 7.45. The normalized spacial score (nSPS) is 14.8. The van der Waals surface area contributed by atoms with Crippen molar-refractivity contribution < 1.29 is 13.9 Å². The Morgan fingerprint density at radius 2 is 1.68 bits per heavy atom. The number of carbonyl (C=O) groups excluding carboxylic acids is 1. The van der Waals surface area contributed by atoms with Crippen LogP contribution in [0.4, 0.5) is 10.1 Å². The number of hydrogen-bond acceptors (Lipinski definition) is 6. The summed E-state index contributed by atoms with van der Waals surface area (Å²) in [5, 5.41) is 11.1. The fourth-order valence-corrected chi connectivity index (χ4v) is 3.70. The fraction of sp³-hybridized carbons (Fsp3) is 0.115. The van der Waals surface area contributed by atoms with Crippen LogP contribution in [0.1, 0.15) is 35.2 Å². The van der Waals surface area contributed by atoms with E-state index in [1.165, 1.54) is 18.3 Å². The number of nitrogen functional groups attached to an aromatic ring is 1. The number of methoxy groups -OCH3 is 1. The van der Waals surface area contributed by atoms with E-state index in [1.54, 1.807) is 25.3 Å². The van der Waals surface area contributed by atoms with E-state index in [0.29, 0.717) is 11.3 Å². The number of benzene rings is 3.